The molecule has 0 radical (unpaired) electrons. The Hall–Kier alpha value is -2.68. The number of hydrogen-bond donors (Lipinski definition) is 1. The van der Waals surface area contributed by atoms with Gasteiger partial charge in [-0.25, -0.2) is 4.79 Å². The van der Waals surface area contributed by atoms with E-state index in [2.05, 4.69) is 10.2 Å². The van der Waals surface area contributed by atoms with Crippen molar-refractivity contribution >= 4 is 12.0 Å². The Morgan fingerprint density at radius 1 is 1.11 bits per heavy atom. The first-order valence-electron chi connectivity index (χ1n) is 12.2. The number of likely N-dealkylation sites (tertiary alicyclic amines) is 1. The maximum atomic E-state index is 12.7. The lowest BCUT2D eigenvalue weighted by molar-refractivity contribution is -0.122. The molecule has 9 heteroatoms. The quantitative estimate of drug-likeness (QED) is 0.532. The summed E-state index contributed by atoms with van der Waals surface area (Å²) in [5, 5.41) is 2.99. The van der Waals surface area contributed by atoms with Crippen molar-refractivity contribution in [2.75, 3.05) is 47.5 Å². The van der Waals surface area contributed by atoms with E-state index in [-0.39, 0.29) is 18.0 Å². The molecule has 0 aromatic heterocycles. The maximum absolute atomic E-state index is 12.7. The van der Waals surface area contributed by atoms with Crippen LogP contribution in [0.2, 0.25) is 0 Å². The van der Waals surface area contributed by atoms with Crippen LogP contribution in [0, 0.1) is 5.92 Å². The second kappa shape index (κ2) is 12.9. The lowest BCUT2D eigenvalue weighted by Gasteiger charge is -2.37. The molecule has 1 N–H and O–H groups in total. The molecule has 1 unspecified atom stereocenters. The van der Waals surface area contributed by atoms with E-state index in [0.29, 0.717) is 42.8 Å². The average molecular weight is 494 g/mol. The van der Waals surface area contributed by atoms with Crippen LogP contribution >= 0.6 is 0 Å². The van der Waals surface area contributed by atoms with Crippen molar-refractivity contribution in [3.05, 3.63) is 17.7 Å². The van der Waals surface area contributed by atoms with Crippen LogP contribution in [0.15, 0.2) is 12.1 Å². The topological polar surface area (TPSA) is 89.6 Å². The van der Waals surface area contributed by atoms with Gasteiger partial charge in [-0.15, -0.1) is 0 Å². The minimum absolute atomic E-state index is 0.0435. The van der Waals surface area contributed by atoms with E-state index in [0.717, 1.165) is 31.5 Å². The molecule has 1 aliphatic rings. The van der Waals surface area contributed by atoms with Crippen molar-refractivity contribution in [1.29, 1.82) is 0 Å². The number of nitrogens with zero attached hydrogens (tertiary/aromatic N) is 2. The number of rotatable bonds is 10. The number of amides is 2. The highest BCUT2D eigenvalue weighted by molar-refractivity contribution is 5.78. The van der Waals surface area contributed by atoms with Gasteiger partial charge in [-0.3, -0.25) is 9.69 Å². The molecule has 198 valence electrons. The van der Waals surface area contributed by atoms with Gasteiger partial charge in [-0.2, -0.15) is 0 Å². The summed E-state index contributed by atoms with van der Waals surface area (Å²) in [6.45, 7) is 12.6. The molecule has 1 aromatic carbocycles. The monoisotopic (exact) mass is 493 g/mol. The Labute approximate surface area is 210 Å². The van der Waals surface area contributed by atoms with Gasteiger partial charge in [0.2, 0.25) is 11.7 Å². The zero-order chi connectivity index (χ0) is 26.2. The zero-order valence-corrected chi connectivity index (χ0v) is 22.6. The molecule has 0 bridgehead atoms. The summed E-state index contributed by atoms with van der Waals surface area (Å²) >= 11 is 0. The summed E-state index contributed by atoms with van der Waals surface area (Å²) in [7, 11) is 4.69. The molecule has 2 amide bonds. The molecule has 1 fully saturated rings. The second-order valence-electron chi connectivity index (χ2n) is 10.3. The highest BCUT2D eigenvalue weighted by Gasteiger charge is 2.29. The van der Waals surface area contributed by atoms with Crippen LogP contribution in [0.1, 0.15) is 53.0 Å². The van der Waals surface area contributed by atoms with E-state index < -0.39 is 5.60 Å². The molecule has 35 heavy (non-hydrogen) atoms. The Kier molecular flexibility index (Phi) is 10.5. The number of methoxy groups -OCH3 is 3. The van der Waals surface area contributed by atoms with Crippen molar-refractivity contribution in [2.45, 2.75) is 65.6 Å². The van der Waals surface area contributed by atoms with Gasteiger partial charge in [0.15, 0.2) is 11.5 Å². The van der Waals surface area contributed by atoms with Crippen LogP contribution < -0.4 is 19.5 Å². The van der Waals surface area contributed by atoms with Crippen LogP contribution in [0.3, 0.4) is 0 Å². The number of nitrogens with one attached hydrogen (secondary N) is 1. The first-order valence-corrected chi connectivity index (χ1v) is 12.2. The largest absolute Gasteiger partial charge is 0.493 e. The van der Waals surface area contributed by atoms with Crippen LogP contribution in [0.5, 0.6) is 17.2 Å². The standard InChI is InChI=1S/C26H43N3O6/c1-18(2)29(25(31)35-26(3,4)5)16-19-10-9-11-28(15-19)17-23(30)27-14-20-12-21(32-6)24(34-8)22(13-20)33-7/h12-13,18-19H,9-11,14-17H2,1-8H3,(H,27,30). The van der Waals surface area contributed by atoms with Gasteiger partial charge in [0, 0.05) is 25.7 Å². The summed E-state index contributed by atoms with van der Waals surface area (Å²) < 4.78 is 21.7. The van der Waals surface area contributed by atoms with Crippen LogP contribution in [0.25, 0.3) is 0 Å². The van der Waals surface area contributed by atoms with Crippen molar-refractivity contribution < 1.29 is 28.5 Å². The van der Waals surface area contributed by atoms with E-state index in [1.807, 2.05) is 46.8 Å². The molecule has 1 atom stereocenters. The summed E-state index contributed by atoms with van der Waals surface area (Å²) in [6, 6.07) is 3.70. The minimum Gasteiger partial charge on any atom is -0.493 e. The van der Waals surface area contributed by atoms with Gasteiger partial charge in [-0.05, 0) is 77.6 Å². The van der Waals surface area contributed by atoms with Gasteiger partial charge in [0.1, 0.15) is 5.60 Å². The molecule has 0 aliphatic carbocycles. The summed E-state index contributed by atoms with van der Waals surface area (Å²) in [4.78, 5) is 29.3. The van der Waals surface area contributed by atoms with Crippen molar-refractivity contribution in [3.8, 4) is 17.2 Å². The molecule has 1 heterocycles. The summed E-state index contributed by atoms with van der Waals surface area (Å²) in [6.07, 6.45) is 1.73. The number of benzene rings is 1. The molecule has 9 nitrogen and oxygen atoms in total. The van der Waals surface area contributed by atoms with E-state index in [9.17, 15) is 9.59 Å². The molecule has 1 aliphatic heterocycles. The highest BCUT2D eigenvalue weighted by Crippen LogP contribution is 2.38. The lowest BCUT2D eigenvalue weighted by atomic mass is 9.97. The number of carbonyl (C=O) groups excluding carboxylic acids is 2. The fourth-order valence-electron chi connectivity index (χ4n) is 4.24. The zero-order valence-electron chi connectivity index (χ0n) is 22.6. The van der Waals surface area contributed by atoms with Crippen molar-refractivity contribution in [1.82, 2.24) is 15.1 Å². The molecule has 1 aromatic rings. The third kappa shape index (κ3) is 8.80. The van der Waals surface area contributed by atoms with E-state index >= 15 is 0 Å². The van der Waals surface area contributed by atoms with Gasteiger partial charge in [0.25, 0.3) is 0 Å². The second-order valence-corrected chi connectivity index (χ2v) is 10.3. The normalized spacial score (nSPS) is 16.5. The molecule has 1 saturated heterocycles. The first-order chi connectivity index (χ1) is 16.5. The molecule has 0 spiro atoms. The van der Waals surface area contributed by atoms with Crippen molar-refractivity contribution in [2.24, 2.45) is 5.92 Å². The SMILES string of the molecule is COc1cc(CNC(=O)CN2CCCC(CN(C(=O)OC(C)(C)C)C(C)C)C2)cc(OC)c1OC. The summed E-state index contributed by atoms with van der Waals surface area (Å²) in [5.41, 5.74) is 0.327. The van der Waals surface area contributed by atoms with Gasteiger partial charge in [-0.1, -0.05) is 0 Å². The van der Waals surface area contributed by atoms with Gasteiger partial charge >= 0.3 is 6.09 Å². The molecule has 2 rings (SSSR count). The number of ether oxygens (including phenoxy) is 4. The predicted octanol–water partition coefficient (Wildman–Crippen LogP) is 3.69. The molecular weight excluding hydrogens is 450 g/mol. The average Bonchev–Trinajstić information content (AvgIpc) is 2.79. The number of piperidine rings is 1. The van der Waals surface area contributed by atoms with Crippen LogP contribution in [-0.2, 0) is 16.1 Å². The van der Waals surface area contributed by atoms with Crippen LogP contribution in [0.4, 0.5) is 4.79 Å². The third-order valence-electron chi connectivity index (χ3n) is 5.89. The summed E-state index contributed by atoms with van der Waals surface area (Å²) in [5.74, 6) is 1.87. The fourth-order valence-corrected chi connectivity index (χ4v) is 4.24. The van der Waals surface area contributed by atoms with Gasteiger partial charge in [0.05, 0.1) is 27.9 Å². The van der Waals surface area contributed by atoms with E-state index in [1.54, 1.807) is 26.2 Å². The Balaban J connectivity index is 1.92. The van der Waals surface area contributed by atoms with E-state index in [4.69, 9.17) is 18.9 Å². The number of carbonyl (C=O) groups is 2. The smallest absolute Gasteiger partial charge is 0.410 e. The Bertz CT molecular complexity index is 827. The fraction of sp³-hybridized carbons (Fsp3) is 0.692. The van der Waals surface area contributed by atoms with Gasteiger partial charge < -0.3 is 29.2 Å². The lowest BCUT2D eigenvalue weighted by Crippen LogP contribution is -2.48. The highest BCUT2D eigenvalue weighted by atomic mass is 16.6. The number of hydrogen-bond acceptors (Lipinski definition) is 7. The Morgan fingerprint density at radius 3 is 2.26 bits per heavy atom. The first kappa shape index (κ1) is 28.6. The minimum atomic E-state index is -0.529. The predicted molar refractivity (Wildman–Crippen MR) is 135 cm³/mol. The molecule has 0 saturated carbocycles. The third-order valence-corrected chi connectivity index (χ3v) is 5.89. The Morgan fingerprint density at radius 2 is 1.74 bits per heavy atom. The van der Waals surface area contributed by atoms with Crippen LogP contribution in [-0.4, -0.2) is 81.0 Å². The van der Waals surface area contributed by atoms with Crippen molar-refractivity contribution in [3.63, 3.8) is 0 Å². The van der Waals surface area contributed by atoms with E-state index in [1.165, 1.54) is 0 Å². The molecular formula is C26H43N3O6. The maximum Gasteiger partial charge on any atom is 0.410 e.